The molecule has 2 aromatic rings. The molecule has 152 valence electrons. The normalized spacial score (nSPS) is 17.5. The molecule has 5 nitrogen and oxygen atoms in total. The lowest BCUT2D eigenvalue weighted by Crippen LogP contribution is -2.45. The Labute approximate surface area is 163 Å². The second kappa shape index (κ2) is 8.24. The minimum atomic E-state index is -4.31. The summed E-state index contributed by atoms with van der Waals surface area (Å²) in [6.45, 7) is 4.63. The van der Waals surface area contributed by atoms with Crippen LogP contribution in [0.1, 0.15) is 48.7 Å². The number of aliphatic imine (C=N–C) groups is 1. The molecule has 0 aliphatic heterocycles. The van der Waals surface area contributed by atoms with Crippen molar-refractivity contribution in [2.45, 2.75) is 57.9 Å². The molecule has 0 radical (unpaired) electrons. The minimum absolute atomic E-state index is 0.224. The molecular formula is C20H26F3N5. The van der Waals surface area contributed by atoms with Crippen molar-refractivity contribution in [2.75, 3.05) is 7.05 Å². The van der Waals surface area contributed by atoms with Crippen molar-refractivity contribution in [3.05, 3.63) is 52.8 Å². The fraction of sp³-hybridized carbons (Fsp3) is 0.500. The molecule has 8 heteroatoms. The van der Waals surface area contributed by atoms with E-state index in [0.29, 0.717) is 18.5 Å². The van der Waals surface area contributed by atoms with E-state index in [-0.39, 0.29) is 6.04 Å². The Bertz CT molecular complexity index is 821. The molecule has 0 saturated carbocycles. The average Bonchev–Trinajstić information content (AvgIpc) is 3.08. The van der Waals surface area contributed by atoms with Gasteiger partial charge in [-0.1, -0.05) is 12.1 Å². The second-order valence-electron chi connectivity index (χ2n) is 7.38. The molecule has 1 aliphatic carbocycles. The van der Waals surface area contributed by atoms with Crippen molar-refractivity contribution >= 4 is 5.96 Å². The van der Waals surface area contributed by atoms with E-state index in [2.05, 4.69) is 40.8 Å². The summed E-state index contributed by atoms with van der Waals surface area (Å²) in [6, 6.07) is 5.72. The molecular weight excluding hydrogens is 367 g/mol. The highest BCUT2D eigenvalue weighted by molar-refractivity contribution is 5.80. The third kappa shape index (κ3) is 4.85. The fourth-order valence-electron chi connectivity index (χ4n) is 3.29. The summed E-state index contributed by atoms with van der Waals surface area (Å²) in [7, 11) is 1.68. The van der Waals surface area contributed by atoms with E-state index in [1.807, 2.05) is 4.68 Å². The minimum Gasteiger partial charge on any atom is -0.353 e. The number of halogens is 3. The van der Waals surface area contributed by atoms with Crippen LogP contribution in [-0.4, -0.2) is 28.8 Å². The first kappa shape index (κ1) is 20.2. The van der Waals surface area contributed by atoms with E-state index in [0.717, 1.165) is 42.7 Å². The van der Waals surface area contributed by atoms with Gasteiger partial charge in [0, 0.05) is 38.3 Å². The number of guanidine groups is 1. The molecule has 1 aliphatic rings. The lowest BCUT2D eigenvalue weighted by Gasteiger charge is -2.24. The fourth-order valence-corrected chi connectivity index (χ4v) is 3.29. The maximum Gasteiger partial charge on any atom is 0.416 e. The van der Waals surface area contributed by atoms with Crippen LogP contribution in [0.2, 0.25) is 0 Å². The van der Waals surface area contributed by atoms with E-state index >= 15 is 0 Å². The van der Waals surface area contributed by atoms with Crippen LogP contribution in [0.4, 0.5) is 13.2 Å². The first-order chi connectivity index (χ1) is 13.3. The van der Waals surface area contributed by atoms with Crippen molar-refractivity contribution in [2.24, 2.45) is 4.99 Å². The Balaban J connectivity index is 1.55. The summed E-state index contributed by atoms with van der Waals surface area (Å²) in [5.41, 5.74) is 2.55. The van der Waals surface area contributed by atoms with Gasteiger partial charge in [0.25, 0.3) is 0 Å². The molecule has 0 saturated heterocycles. The van der Waals surface area contributed by atoms with Crippen LogP contribution in [-0.2, 0) is 25.6 Å². The summed E-state index contributed by atoms with van der Waals surface area (Å²) in [4.78, 5) is 4.23. The first-order valence-corrected chi connectivity index (χ1v) is 9.46. The van der Waals surface area contributed by atoms with Crippen molar-refractivity contribution in [3.63, 3.8) is 0 Å². The van der Waals surface area contributed by atoms with Crippen molar-refractivity contribution in [1.82, 2.24) is 20.4 Å². The average molecular weight is 393 g/mol. The Hall–Kier alpha value is -2.51. The molecule has 1 aromatic carbocycles. The Morgan fingerprint density at radius 1 is 1.29 bits per heavy atom. The van der Waals surface area contributed by atoms with Gasteiger partial charge in [-0.3, -0.25) is 9.67 Å². The molecule has 1 unspecified atom stereocenters. The van der Waals surface area contributed by atoms with Gasteiger partial charge in [0.15, 0.2) is 5.96 Å². The number of nitrogens with one attached hydrogen (secondary N) is 2. The summed E-state index contributed by atoms with van der Waals surface area (Å²) < 4.78 is 40.0. The molecule has 28 heavy (non-hydrogen) atoms. The monoisotopic (exact) mass is 393 g/mol. The van der Waals surface area contributed by atoms with Crippen LogP contribution in [0, 0.1) is 0 Å². The smallest absolute Gasteiger partial charge is 0.353 e. The zero-order chi connectivity index (χ0) is 20.3. The number of aryl methyl sites for hydroxylation is 1. The molecule has 0 bridgehead atoms. The predicted octanol–water partition coefficient (Wildman–Crippen LogP) is 3.71. The number of aromatic nitrogens is 2. The van der Waals surface area contributed by atoms with Gasteiger partial charge in [-0.2, -0.15) is 18.3 Å². The topological polar surface area (TPSA) is 54.2 Å². The van der Waals surface area contributed by atoms with E-state index in [1.54, 1.807) is 7.05 Å². The zero-order valence-corrected chi connectivity index (χ0v) is 16.3. The van der Waals surface area contributed by atoms with E-state index in [1.165, 1.54) is 17.7 Å². The third-order valence-electron chi connectivity index (χ3n) is 4.93. The standard InChI is InChI=1S/C20H26F3N5/c1-13(2)28-12-15-6-9-17(10-18(15)27-28)26-19(24-3)25-11-14-4-7-16(8-5-14)20(21,22)23/h4-5,7-8,12-13,17H,6,9-11H2,1-3H3,(H2,24,25,26). The lowest BCUT2D eigenvalue weighted by molar-refractivity contribution is -0.137. The predicted molar refractivity (Wildman–Crippen MR) is 103 cm³/mol. The lowest BCUT2D eigenvalue weighted by atomic mass is 9.94. The molecule has 0 spiro atoms. The van der Waals surface area contributed by atoms with Gasteiger partial charge in [-0.05, 0) is 49.9 Å². The van der Waals surface area contributed by atoms with Crippen LogP contribution < -0.4 is 10.6 Å². The van der Waals surface area contributed by atoms with E-state index in [9.17, 15) is 13.2 Å². The van der Waals surface area contributed by atoms with Crippen molar-refractivity contribution in [3.8, 4) is 0 Å². The van der Waals surface area contributed by atoms with Crippen molar-refractivity contribution in [1.29, 1.82) is 0 Å². The third-order valence-corrected chi connectivity index (χ3v) is 4.93. The number of hydrogen-bond donors (Lipinski definition) is 2. The quantitative estimate of drug-likeness (QED) is 0.615. The largest absolute Gasteiger partial charge is 0.416 e. The molecule has 1 atom stereocenters. The van der Waals surface area contributed by atoms with Crippen molar-refractivity contribution < 1.29 is 13.2 Å². The Morgan fingerprint density at radius 3 is 2.61 bits per heavy atom. The molecule has 1 aromatic heterocycles. The number of benzene rings is 1. The summed E-state index contributed by atoms with van der Waals surface area (Å²) >= 11 is 0. The van der Waals surface area contributed by atoms with Crippen LogP contribution in [0.3, 0.4) is 0 Å². The Kier molecular flexibility index (Phi) is 5.96. The van der Waals surface area contributed by atoms with Gasteiger partial charge in [-0.25, -0.2) is 0 Å². The van der Waals surface area contributed by atoms with Gasteiger partial charge in [0.1, 0.15) is 0 Å². The van der Waals surface area contributed by atoms with Gasteiger partial charge < -0.3 is 10.6 Å². The maximum atomic E-state index is 12.6. The molecule has 2 N–H and O–H groups in total. The highest BCUT2D eigenvalue weighted by Crippen LogP contribution is 2.29. The van der Waals surface area contributed by atoms with Crippen LogP contribution in [0.15, 0.2) is 35.5 Å². The van der Waals surface area contributed by atoms with Crippen LogP contribution in [0.25, 0.3) is 0 Å². The van der Waals surface area contributed by atoms with Gasteiger partial charge in [0.05, 0.1) is 11.3 Å². The summed E-state index contributed by atoms with van der Waals surface area (Å²) in [6.07, 6.45) is 0.600. The van der Waals surface area contributed by atoms with Gasteiger partial charge in [0.2, 0.25) is 0 Å². The number of nitrogens with zero attached hydrogens (tertiary/aromatic N) is 3. The van der Waals surface area contributed by atoms with Gasteiger partial charge >= 0.3 is 6.18 Å². The summed E-state index contributed by atoms with van der Waals surface area (Å²) in [5, 5.41) is 11.3. The zero-order valence-electron chi connectivity index (χ0n) is 16.3. The molecule has 1 heterocycles. The number of alkyl halides is 3. The number of fused-ring (bicyclic) bond motifs is 1. The number of hydrogen-bond acceptors (Lipinski definition) is 2. The summed E-state index contributed by atoms with van der Waals surface area (Å²) in [5.74, 6) is 0.636. The molecule has 0 fully saturated rings. The Morgan fingerprint density at radius 2 is 2.00 bits per heavy atom. The maximum absolute atomic E-state index is 12.6. The highest BCUT2D eigenvalue weighted by atomic mass is 19.4. The van der Waals surface area contributed by atoms with Crippen LogP contribution in [0.5, 0.6) is 0 Å². The van der Waals surface area contributed by atoms with Gasteiger partial charge in [-0.15, -0.1) is 0 Å². The number of rotatable bonds is 4. The highest BCUT2D eigenvalue weighted by Gasteiger charge is 2.30. The molecule has 3 rings (SSSR count). The molecule has 0 amide bonds. The van der Waals surface area contributed by atoms with Crippen LogP contribution >= 0.6 is 0 Å². The second-order valence-corrected chi connectivity index (χ2v) is 7.38. The van der Waals surface area contributed by atoms with E-state index in [4.69, 9.17) is 0 Å². The SMILES string of the molecule is CN=C(NCc1ccc(C(F)(F)F)cc1)NC1CCc2cn(C(C)C)nc2C1. The first-order valence-electron chi connectivity index (χ1n) is 9.46. The van der Waals surface area contributed by atoms with E-state index < -0.39 is 11.7 Å².